The number of ether oxygens (including phenoxy) is 1. The number of carbonyl (C=O) groups is 4. The van der Waals surface area contributed by atoms with Crippen molar-refractivity contribution in [2.24, 2.45) is 29.4 Å². The first-order valence-corrected chi connectivity index (χ1v) is 39.7. The normalized spacial score (nSPS) is 22.5. The Morgan fingerprint density at radius 1 is 0.596 bits per heavy atom. The smallest absolute Gasteiger partial charge is 0.406 e. The molecule has 0 bridgehead atoms. The number of alkyl halides is 3. The van der Waals surface area contributed by atoms with E-state index >= 15 is 0 Å². The number of halogens is 4. The third-order valence-electron chi connectivity index (χ3n) is 19.5. The number of carbonyl (C=O) groups excluding carboxylic acids is 4. The highest BCUT2D eigenvalue weighted by Gasteiger charge is 2.44. The van der Waals surface area contributed by atoms with Gasteiger partial charge in [-0.2, -0.15) is 21.1 Å². The van der Waals surface area contributed by atoms with Gasteiger partial charge in [-0.25, -0.2) is 42.5 Å². The van der Waals surface area contributed by atoms with Crippen LogP contribution in [0.25, 0.3) is 22.5 Å². The van der Waals surface area contributed by atoms with Gasteiger partial charge < -0.3 is 35.4 Å². The van der Waals surface area contributed by atoms with Crippen LogP contribution in [0.1, 0.15) is 152 Å². The lowest BCUT2D eigenvalue weighted by atomic mass is 9.97. The van der Waals surface area contributed by atoms with Crippen LogP contribution in [-0.4, -0.2) is 160 Å². The first-order valence-electron chi connectivity index (χ1n) is 34.8. The Bertz CT molecular complexity index is 4540. The van der Waals surface area contributed by atoms with Crippen molar-refractivity contribution in [3.63, 3.8) is 0 Å². The summed E-state index contributed by atoms with van der Waals surface area (Å²) in [6.07, 6.45) is 2.86. The van der Waals surface area contributed by atoms with Gasteiger partial charge in [-0.15, -0.1) is 13.2 Å². The fourth-order valence-electron chi connectivity index (χ4n) is 15.0. The number of rotatable bonds is 16. The molecule has 32 heteroatoms. The summed E-state index contributed by atoms with van der Waals surface area (Å²) in [5, 5.41) is 1.70. The number of piperidine rings is 2. The fraction of sp³-hybridized carbons (Fsp3) is 0.500. The molecule has 0 radical (unpaired) electrons. The minimum atomic E-state index is -4.85. The molecule has 2 aromatic carbocycles. The van der Waals surface area contributed by atoms with E-state index in [1.807, 2.05) is 36.9 Å². The van der Waals surface area contributed by atoms with Crippen LogP contribution in [-0.2, 0) is 35.1 Å². The van der Waals surface area contributed by atoms with E-state index in [0.717, 1.165) is 61.6 Å². The lowest BCUT2D eigenvalue weighted by Gasteiger charge is -2.34. The molecular weight excluding hydrogens is 1430 g/mol. The second-order valence-corrected chi connectivity index (χ2v) is 35.6. The van der Waals surface area contributed by atoms with Gasteiger partial charge in [0.1, 0.15) is 29.0 Å². The number of hydrogen-bond acceptors (Lipinski definition) is 20. The zero-order valence-electron chi connectivity index (χ0n) is 60.0. The molecule has 0 spiro atoms. The number of benzene rings is 2. The first-order chi connectivity index (χ1) is 48.7. The molecule has 6 aromatic rings. The summed E-state index contributed by atoms with van der Waals surface area (Å²) in [6, 6.07) is 26.7. The summed E-state index contributed by atoms with van der Waals surface area (Å²) in [6.45, 7) is 25.4. The van der Waals surface area contributed by atoms with Gasteiger partial charge in [-0.3, -0.25) is 19.2 Å². The van der Waals surface area contributed by atoms with Crippen molar-refractivity contribution in [2.45, 2.75) is 160 Å². The minimum Gasteiger partial charge on any atom is -0.406 e. The number of amides is 4. The van der Waals surface area contributed by atoms with Crippen molar-refractivity contribution in [2.75, 3.05) is 72.0 Å². The van der Waals surface area contributed by atoms with Crippen molar-refractivity contribution in [3.05, 3.63) is 131 Å². The summed E-state index contributed by atoms with van der Waals surface area (Å²) >= 11 is 6.02. The van der Waals surface area contributed by atoms with Crippen LogP contribution < -0.4 is 49.6 Å². The molecular formula is C72H92ClF3N14O11S3. The number of nitrogens with two attached hydrogens (primary N) is 1. The van der Waals surface area contributed by atoms with Crippen LogP contribution >= 0.6 is 11.6 Å². The monoisotopic (exact) mass is 1520 g/mol. The molecule has 4 amide bonds. The third-order valence-corrected chi connectivity index (χ3v) is 24.2. The molecule has 6 atom stereocenters. The van der Waals surface area contributed by atoms with Crippen molar-refractivity contribution in [3.8, 4) is 28.3 Å². The quantitative estimate of drug-likeness (QED) is 0.0601. The highest BCUT2D eigenvalue weighted by molar-refractivity contribution is 7.91. The summed E-state index contributed by atoms with van der Waals surface area (Å²) in [5.41, 5.74) is 7.53. The number of pyridine rings is 4. The average molecular weight is 1520 g/mol. The Hall–Kier alpha value is -8.23. The number of aromatic nitrogens is 4. The molecule has 4 aromatic heterocycles. The summed E-state index contributed by atoms with van der Waals surface area (Å²) in [7, 11) is -12.5. The zero-order chi connectivity index (χ0) is 75.6. The molecule has 10 heterocycles. The Kier molecular flexibility index (Phi) is 23.4. The van der Waals surface area contributed by atoms with Crippen molar-refractivity contribution < 1.29 is 62.3 Å². The summed E-state index contributed by atoms with van der Waals surface area (Å²) in [4.78, 5) is 78.3. The maximum atomic E-state index is 13.3. The van der Waals surface area contributed by atoms with E-state index in [1.54, 1.807) is 54.7 Å². The Balaban J connectivity index is 0.000000168. The molecule has 6 fully saturated rings. The van der Waals surface area contributed by atoms with Crippen molar-refractivity contribution in [1.29, 1.82) is 0 Å². The van der Waals surface area contributed by atoms with E-state index in [1.165, 1.54) is 36.4 Å². The predicted octanol–water partition coefficient (Wildman–Crippen LogP) is 10.1. The lowest BCUT2D eigenvalue weighted by molar-refractivity contribution is -0.274. The lowest BCUT2D eigenvalue weighted by Crippen LogP contribution is -2.50. The van der Waals surface area contributed by atoms with Gasteiger partial charge in [0.15, 0.2) is 10.3 Å². The molecule has 12 rings (SSSR count). The maximum Gasteiger partial charge on any atom is 0.573 e. The van der Waals surface area contributed by atoms with E-state index in [0.29, 0.717) is 89.7 Å². The number of nitrogens with zero attached hydrogens (tertiary/aromatic N) is 9. The molecule has 0 aliphatic carbocycles. The molecule has 6 aliphatic heterocycles. The van der Waals surface area contributed by atoms with Crippen LogP contribution in [0.5, 0.6) is 5.75 Å². The van der Waals surface area contributed by atoms with E-state index in [9.17, 15) is 57.6 Å². The van der Waals surface area contributed by atoms with Crippen molar-refractivity contribution >= 4 is 88.8 Å². The average Bonchev–Trinajstić information content (AvgIpc) is 1.58. The number of anilines is 4. The SMILES string of the molecule is CC1CCCN(c2cccc(S(=O)(=O)NC(=O)c3cccnc3N3CC(C)CC3(C)C)n2)C1.C[C@@H]1CN(c2nc(-c3ccc(Cl)cc3)ccc2C(=O)NS(=O)(=O)C2CCCNC2=O)C(C)(C)C1.C[C@@H]1CN(c2nc(-c3cccc(OC(F)(F)F)c3)ccc2C(=O)NS(=O)(=O)N2CC[C@H](N)C2)C(C)(C)C1. The molecule has 104 heavy (non-hydrogen) atoms. The van der Waals surface area contributed by atoms with Crippen LogP contribution in [0.15, 0.2) is 114 Å². The van der Waals surface area contributed by atoms with Gasteiger partial charge in [0, 0.05) is 97.4 Å². The largest absolute Gasteiger partial charge is 0.573 e. The molecule has 6 saturated heterocycles. The van der Waals surface area contributed by atoms with E-state index in [4.69, 9.17) is 22.3 Å². The second-order valence-electron chi connectivity index (χ2n) is 30.0. The van der Waals surface area contributed by atoms with Crippen LogP contribution in [0.4, 0.5) is 36.4 Å². The summed E-state index contributed by atoms with van der Waals surface area (Å²) < 4.78 is 127. The van der Waals surface area contributed by atoms with Gasteiger partial charge in [-0.1, -0.05) is 69.6 Å². The van der Waals surface area contributed by atoms with Crippen LogP contribution in [0.2, 0.25) is 5.02 Å². The van der Waals surface area contributed by atoms with E-state index < -0.39 is 76.8 Å². The van der Waals surface area contributed by atoms with Crippen LogP contribution in [0.3, 0.4) is 0 Å². The van der Waals surface area contributed by atoms with Gasteiger partial charge in [0.2, 0.25) is 15.9 Å². The molecule has 25 nitrogen and oxygen atoms in total. The Morgan fingerprint density at radius 3 is 1.68 bits per heavy atom. The zero-order valence-corrected chi connectivity index (χ0v) is 63.2. The van der Waals surface area contributed by atoms with Crippen LogP contribution in [0, 0.1) is 23.7 Å². The van der Waals surface area contributed by atoms with E-state index in [2.05, 4.69) is 109 Å². The van der Waals surface area contributed by atoms with Crippen molar-refractivity contribution in [1.82, 2.24) is 43.7 Å². The minimum absolute atomic E-state index is 0.0423. The topological polar surface area (TPSA) is 322 Å². The highest BCUT2D eigenvalue weighted by Crippen LogP contribution is 2.42. The highest BCUT2D eigenvalue weighted by atomic mass is 35.5. The van der Waals surface area contributed by atoms with Gasteiger partial charge in [0.25, 0.3) is 27.7 Å². The molecule has 3 unspecified atom stereocenters. The fourth-order valence-corrected chi connectivity index (χ4v) is 18.6. The van der Waals surface area contributed by atoms with E-state index in [-0.39, 0.29) is 70.1 Å². The molecule has 6 N–H and O–H groups in total. The maximum absolute atomic E-state index is 13.3. The number of nitrogens with one attached hydrogen (secondary N) is 4. The second kappa shape index (κ2) is 31.1. The Morgan fingerprint density at radius 2 is 1.14 bits per heavy atom. The first kappa shape index (κ1) is 78.4. The van der Waals surface area contributed by atoms with Gasteiger partial charge in [-0.05, 0) is 189 Å². The predicted molar refractivity (Wildman–Crippen MR) is 393 cm³/mol. The Labute approximate surface area is 611 Å². The standard InChI is InChI=1S/C24H29ClN4O4S.C24H30F3N5O4S.C24H33N5O3S/c1-15-13-24(2,3)29(14-15)21-18(10-11-19(27-21)16-6-8-17(25)9-7-16)22(30)28-34(32,33)20-5-4-12-26-23(20)31;1-15-12-23(2,3)32(13-15)21-19(22(33)30-37(34,35)31-10-9-17(28)14-31)7-8-20(29-21)16-5-4-6-18(11-16)36-24(25,26)27;1-17-8-7-13-28(15-17)20-10-5-11-21(26-20)33(31,32)27-23(30)19-9-6-12-25-22(19)29-16-18(2)14-24(29,3)4/h6-11,15,20H,4-5,12-14H2,1-3H3,(H,26,31)(H,28,30);4-8,11,15,17H,9-10,12-14,28H2,1-3H3,(H,30,33);5-6,9-12,17-18H,7-8,13-16H2,1-4H3,(H,27,30)/t15-,20?;15-,17-;/m00./s1. The molecule has 6 aliphatic rings. The van der Waals surface area contributed by atoms with Gasteiger partial charge in [0.05, 0.1) is 28.1 Å². The number of hydrogen-bond donors (Lipinski definition) is 5. The molecule has 562 valence electrons. The molecule has 0 saturated carbocycles. The number of sulfonamides is 2. The third kappa shape index (κ3) is 18.7. The summed E-state index contributed by atoms with van der Waals surface area (Å²) in [5.74, 6) is 0.0880. The van der Waals surface area contributed by atoms with Gasteiger partial charge >= 0.3 is 16.6 Å².